The summed E-state index contributed by atoms with van der Waals surface area (Å²) in [5, 5.41) is 15.1. The lowest BCUT2D eigenvalue weighted by molar-refractivity contribution is -0.141. The maximum atomic E-state index is 12.7. The van der Waals surface area contributed by atoms with E-state index in [9.17, 15) is 13.2 Å². The van der Waals surface area contributed by atoms with E-state index in [1.807, 2.05) is 24.3 Å². The molecular weight excluding hydrogens is 427 g/mol. The molecule has 1 aliphatic rings. The van der Waals surface area contributed by atoms with Gasteiger partial charge in [0.15, 0.2) is 17.0 Å². The minimum atomic E-state index is -4.48. The van der Waals surface area contributed by atoms with Crippen LogP contribution < -0.4 is 10.7 Å². The van der Waals surface area contributed by atoms with Crippen molar-refractivity contribution >= 4 is 34.2 Å². The van der Waals surface area contributed by atoms with E-state index in [2.05, 4.69) is 15.3 Å². The summed E-state index contributed by atoms with van der Waals surface area (Å²) < 4.78 is 41.0. The summed E-state index contributed by atoms with van der Waals surface area (Å²) >= 11 is 7.42. The van der Waals surface area contributed by atoms with Gasteiger partial charge in [0, 0.05) is 23.5 Å². The number of nitrogens with zero attached hydrogens (tertiary/aromatic N) is 6. The lowest BCUT2D eigenvalue weighted by Gasteiger charge is -2.15. The Balaban J connectivity index is 1.46. The smallest absolute Gasteiger partial charge is 0.301 e. The topological polar surface area (TPSA) is 77.3 Å². The predicted octanol–water partition coefficient (Wildman–Crippen LogP) is 3.61. The number of thioether (sulfide) groups is 1. The highest BCUT2D eigenvalue weighted by molar-refractivity contribution is 8.14. The standard InChI is InChI=1S/C17H15ClF3N7S/c18-12-4-2-1-3-11(12)9-26-8-6-14(24-26)28-16(22)29-15(25-28)10-27-7-5-13(23-27)17(19,20)21/h1-8,16H,9-10,22H2. The maximum absolute atomic E-state index is 12.7. The van der Waals surface area contributed by atoms with E-state index >= 15 is 0 Å². The molecule has 0 radical (unpaired) electrons. The van der Waals surface area contributed by atoms with E-state index in [4.69, 9.17) is 17.3 Å². The van der Waals surface area contributed by atoms with Crippen molar-refractivity contribution in [2.75, 3.05) is 5.01 Å². The third-order valence-corrected chi connectivity index (χ3v) is 5.39. The lowest BCUT2D eigenvalue weighted by Crippen LogP contribution is -2.32. The molecule has 1 unspecified atom stereocenters. The van der Waals surface area contributed by atoms with Crippen LogP contribution in [0, 0.1) is 0 Å². The van der Waals surface area contributed by atoms with Crippen molar-refractivity contribution < 1.29 is 13.2 Å². The van der Waals surface area contributed by atoms with Crippen LogP contribution in [0.1, 0.15) is 11.3 Å². The second-order valence-corrected chi connectivity index (χ2v) is 7.80. The van der Waals surface area contributed by atoms with Gasteiger partial charge >= 0.3 is 6.18 Å². The fraction of sp³-hybridized carbons (Fsp3) is 0.235. The quantitative estimate of drug-likeness (QED) is 0.654. The van der Waals surface area contributed by atoms with Gasteiger partial charge in [-0.25, -0.2) is 5.01 Å². The number of aromatic nitrogens is 4. The molecule has 12 heteroatoms. The van der Waals surface area contributed by atoms with E-state index in [0.717, 1.165) is 11.6 Å². The molecular formula is C17H15ClF3N7S. The average Bonchev–Trinajstić information content (AvgIpc) is 3.37. The van der Waals surface area contributed by atoms with Crippen molar-refractivity contribution in [2.24, 2.45) is 10.8 Å². The number of benzene rings is 1. The number of hydrogen-bond donors (Lipinski definition) is 1. The van der Waals surface area contributed by atoms with Gasteiger partial charge in [0.1, 0.15) is 5.04 Å². The van der Waals surface area contributed by atoms with Crippen LogP contribution in [0.3, 0.4) is 0 Å². The van der Waals surface area contributed by atoms with Crippen molar-refractivity contribution in [3.05, 3.63) is 65.1 Å². The first-order valence-electron chi connectivity index (χ1n) is 8.46. The molecule has 2 aromatic heterocycles. The summed E-state index contributed by atoms with van der Waals surface area (Å²) in [7, 11) is 0. The van der Waals surface area contributed by atoms with E-state index in [1.54, 1.807) is 16.9 Å². The van der Waals surface area contributed by atoms with E-state index < -0.39 is 17.4 Å². The summed E-state index contributed by atoms with van der Waals surface area (Å²) in [4.78, 5) is 0. The van der Waals surface area contributed by atoms with E-state index in [0.29, 0.717) is 22.4 Å². The minimum absolute atomic E-state index is 0.0886. The molecule has 152 valence electrons. The van der Waals surface area contributed by atoms with Crippen LogP contribution in [0.25, 0.3) is 0 Å². The highest BCUT2D eigenvalue weighted by Crippen LogP contribution is 2.30. The fourth-order valence-corrected chi connectivity index (χ4v) is 3.81. The zero-order chi connectivity index (χ0) is 20.6. The SMILES string of the molecule is NC1SC(Cn2ccc(C(F)(F)F)n2)=NN1c1ccn(Cc2ccccc2Cl)n1. The van der Waals surface area contributed by atoms with Gasteiger partial charge < -0.3 is 5.73 Å². The van der Waals surface area contributed by atoms with Gasteiger partial charge in [-0.1, -0.05) is 41.6 Å². The van der Waals surface area contributed by atoms with Crippen LogP contribution in [0.5, 0.6) is 0 Å². The van der Waals surface area contributed by atoms with Gasteiger partial charge in [0.05, 0.1) is 13.1 Å². The zero-order valence-corrected chi connectivity index (χ0v) is 16.4. The first-order valence-corrected chi connectivity index (χ1v) is 9.72. The summed E-state index contributed by atoms with van der Waals surface area (Å²) in [6, 6.07) is 10.2. The summed E-state index contributed by atoms with van der Waals surface area (Å²) in [6.07, 6.45) is -1.43. The largest absolute Gasteiger partial charge is 0.435 e. The highest BCUT2D eigenvalue weighted by Gasteiger charge is 2.34. The van der Waals surface area contributed by atoms with Gasteiger partial charge in [-0.15, -0.1) is 0 Å². The average molecular weight is 442 g/mol. The van der Waals surface area contributed by atoms with Crippen molar-refractivity contribution in [1.82, 2.24) is 19.6 Å². The Kier molecular flexibility index (Phi) is 5.28. The molecule has 0 amide bonds. The summed E-state index contributed by atoms with van der Waals surface area (Å²) in [6.45, 7) is 0.575. The number of hydrogen-bond acceptors (Lipinski definition) is 6. The molecule has 4 rings (SSSR count). The Bertz CT molecular complexity index is 1050. The number of halogens is 4. The maximum Gasteiger partial charge on any atom is 0.435 e. The Morgan fingerprint density at radius 2 is 1.76 bits per heavy atom. The van der Waals surface area contributed by atoms with Crippen molar-refractivity contribution in [1.29, 1.82) is 0 Å². The molecule has 3 heterocycles. The fourth-order valence-electron chi connectivity index (χ4n) is 2.74. The Morgan fingerprint density at radius 3 is 2.48 bits per heavy atom. The zero-order valence-electron chi connectivity index (χ0n) is 14.8. The molecule has 2 N–H and O–H groups in total. The van der Waals surface area contributed by atoms with Gasteiger partial charge in [0.2, 0.25) is 0 Å². The highest BCUT2D eigenvalue weighted by atomic mass is 35.5. The second-order valence-electron chi connectivity index (χ2n) is 6.21. The molecule has 7 nitrogen and oxygen atoms in total. The molecule has 0 bridgehead atoms. The molecule has 29 heavy (non-hydrogen) atoms. The third-order valence-electron chi connectivity index (χ3n) is 4.10. The van der Waals surface area contributed by atoms with Crippen LogP contribution in [-0.4, -0.2) is 30.1 Å². The molecule has 3 aromatic rings. The number of anilines is 1. The Labute approximate surface area is 172 Å². The first kappa shape index (κ1) is 19.8. The van der Waals surface area contributed by atoms with Crippen LogP contribution in [0.4, 0.5) is 19.0 Å². The van der Waals surface area contributed by atoms with Crippen molar-refractivity contribution in [2.45, 2.75) is 24.8 Å². The van der Waals surface area contributed by atoms with Gasteiger partial charge in [0.25, 0.3) is 0 Å². The normalized spacial score (nSPS) is 17.1. The molecule has 0 fully saturated rings. The minimum Gasteiger partial charge on any atom is -0.301 e. The molecule has 0 saturated heterocycles. The molecule has 0 aliphatic carbocycles. The van der Waals surface area contributed by atoms with Crippen LogP contribution >= 0.6 is 23.4 Å². The van der Waals surface area contributed by atoms with Crippen molar-refractivity contribution in [3.63, 3.8) is 0 Å². The first-order chi connectivity index (χ1) is 13.8. The van der Waals surface area contributed by atoms with Crippen molar-refractivity contribution in [3.8, 4) is 0 Å². The second kappa shape index (κ2) is 7.73. The monoisotopic (exact) mass is 441 g/mol. The van der Waals surface area contributed by atoms with E-state index in [1.165, 1.54) is 27.6 Å². The predicted molar refractivity (Wildman–Crippen MR) is 105 cm³/mol. The molecule has 1 aromatic carbocycles. The lowest BCUT2D eigenvalue weighted by atomic mass is 10.2. The summed E-state index contributed by atoms with van der Waals surface area (Å²) in [5.74, 6) is 0.531. The Hall–Kier alpha value is -2.50. The van der Waals surface area contributed by atoms with Crippen LogP contribution in [0.15, 0.2) is 53.9 Å². The molecule has 1 atom stereocenters. The summed E-state index contributed by atoms with van der Waals surface area (Å²) in [5.41, 5.74) is 5.55. The van der Waals surface area contributed by atoms with Gasteiger partial charge in [-0.3, -0.25) is 9.36 Å². The third kappa shape index (κ3) is 4.41. The molecule has 0 spiro atoms. The number of hydrazone groups is 1. The molecule has 1 aliphatic heterocycles. The van der Waals surface area contributed by atoms with Crippen LogP contribution in [-0.2, 0) is 19.3 Å². The number of alkyl halides is 3. The van der Waals surface area contributed by atoms with Crippen LogP contribution in [0.2, 0.25) is 5.02 Å². The van der Waals surface area contributed by atoms with Gasteiger partial charge in [-0.05, 0) is 17.7 Å². The number of nitrogens with two attached hydrogens (primary N) is 1. The Morgan fingerprint density at radius 1 is 1.03 bits per heavy atom. The van der Waals surface area contributed by atoms with E-state index in [-0.39, 0.29) is 6.54 Å². The van der Waals surface area contributed by atoms with Gasteiger partial charge in [-0.2, -0.15) is 28.5 Å². The molecule has 0 saturated carbocycles. The number of rotatable bonds is 5.